The molecule has 9 heteroatoms. The van der Waals surface area contributed by atoms with Crippen molar-refractivity contribution in [3.8, 4) is 11.1 Å². The smallest absolute Gasteiger partial charge is 0.300 e. The number of fused-ring (bicyclic) bond motifs is 5. The summed E-state index contributed by atoms with van der Waals surface area (Å²) in [5.41, 5.74) is 1.79. The number of nitrogens with zero attached hydrogens (tertiary/aromatic N) is 1. The first-order chi connectivity index (χ1) is 15.6. The van der Waals surface area contributed by atoms with E-state index in [4.69, 9.17) is 0 Å². The van der Waals surface area contributed by atoms with Crippen LogP contribution in [0.5, 0.6) is 0 Å². The minimum atomic E-state index is -4.58. The van der Waals surface area contributed by atoms with Gasteiger partial charge in [-0.15, -0.1) is 0 Å². The number of piperidine rings is 1. The van der Waals surface area contributed by atoms with Crippen molar-refractivity contribution in [2.24, 2.45) is 0 Å². The number of carbonyl (C=O) groups is 1. The maximum Gasteiger partial charge on any atom is 0.416 e. The number of ketones is 1. The van der Waals surface area contributed by atoms with E-state index < -0.39 is 39.7 Å². The number of benzene rings is 3. The zero-order valence-corrected chi connectivity index (χ0v) is 17.8. The summed E-state index contributed by atoms with van der Waals surface area (Å²) < 4.78 is 80.6. The largest absolute Gasteiger partial charge is 0.416 e. The van der Waals surface area contributed by atoms with Crippen LogP contribution in [0.2, 0.25) is 0 Å². The van der Waals surface area contributed by atoms with E-state index >= 15 is 0 Å². The molecule has 2 aliphatic heterocycles. The highest BCUT2D eigenvalue weighted by atomic mass is 32.2. The molecule has 2 heterocycles. The van der Waals surface area contributed by atoms with Crippen LogP contribution in [0.4, 0.5) is 17.6 Å². The Labute approximate surface area is 187 Å². The summed E-state index contributed by atoms with van der Waals surface area (Å²) in [6, 6.07) is 12.9. The first-order valence-corrected chi connectivity index (χ1v) is 11.6. The lowest BCUT2D eigenvalue weighted by molar-refractivity contribution is -0.137. The molecule has 0 amide bonds. The van der Waals surface area contributed by atoms with Crippen LogP contribution in [0.3, 0.4) is 0 Å². The van der Waals surface area contributed by atoms with Crippen molar-refractivity contribution in [1.29, 1.82) is 0 Å². The molecule has 3 aromatic rings. The van der Waals surface area contributed by atoms with Gasteiger partial charge in [-0.05, 0) is 58.7 Å². The molecule has 0 spiro atoms. The second-order valence-electron chi connectivity index (χ2n) is 8.15. The van der Waals surface area contributed by atoms with Crippen LogP contribution in [0.25, 0.3) is 11.1 Å². The number of hydrogen-bond donors (Lipinski definition) is 0. The van der Waals surface area contributed by atoms with Gasteiger partial charge in [-0.25, -0.2) is 12.8 Å². The Morgan fingerprint density at radius 3 is 2.12 bits per heavy atom. The molecule has 5 rings (SSSR count). The van der Waals surface area contributed by atoms with Gasteiger partial charge in [-0.1, -0.05) is 30.3 Å². The molecule has 0 aromatic heterocycles. The molecule has 170 valence electrons. The third kappa shape index (κ3) is 3.55. The van der Waals surface area contributed by atoms with Crippen LogP contribution in [-0.4, -0.2) is 18.5 Å². The van der Waals surface area contributed by atoms with Gasteiger partial charge in [0.25, 0.3) is 0 Å². The maximum absolute atomic E-state index is 13.6. The molecule has 2 bridgehead atoms. The van der Waals surface area contributed by atoms with E-state index in [0.29, 0.717) is 22.3 Å². The minimum absolute atomic E-state index is 0.0176. The SMILES string of the molecule is O=C1CC2c3c(-c4ccc(F)cc4)cccc3[C@H](C1)N2S(=O)(=O)c1ccc(C(F)(F)F)cc1. The normalized spacial score (nSPS) is 20.7. The van der Waals surface area contributed by atoms with Gasteiger partial charge in [0.1, 0.15) is 11.6 Å². The standard InChI is InChI=1S/C24H17F4NO3S/c25-16-8-4-14(5-9-16)19-2-1-3-20-21-12-17(30)13-22(23(19)20)29(21)33(31,32)18-10-6-15(7-11-18)24(26,27)28/h1-11,21-22H,12-13H2/t21-,22?/m0/s1. The van der Waals surface area contributed by atoms with E-state index in [9.17, 15) is 30.8 Å². The first kappa shape index (κ1) is 21.8. The number of carbonyl (C=O) groups excluding carboxylic acids is 1. The summed E-state index contributed by atoms with van der Waals surface area (Å²) >= 11 is 0. The van der Waals surface area contributed by atoms with Gasteiger partial charge in [0.2, 0.25) is 10.0 Å². The molecular formula is C24H17F4NO3S. The zero-order valence-electron chi connectivity index (χ0n) is 17.0. The van der Waals surface area contributed by atoms with E-state index in [1.165, 1.54) is 16.4 Å². The third-order valence-corrected chi connectivity index (χ3v) is 8.13. The Balaban J connectivity index is 1.62. The summed E-state index contributed by atoms with van der Waals surface area (Å²) in [7, 11) is -4.20. The van der Waals surface area contributed by atoms with Gasteiger partial charge in [-0.2, -0.15) is 17.5 Å². The van der Waals surface area contributed by atoms with Gasteiger partial charge < -0.3 is 0 Å². The van der Waals surface area contributed by atoms with Crippen LogP contribution in [0.1, 0.15) is 41.6 Å². The van der Waals surface area contributed by atoms with Crippen molar-refractivity contribution in [2.45, 2.75) is 36.0 Å². The summed E-state index contributed by atoms with van der Waals surface area (Å²) in [4.78, 5) is 12.2. The Bertz CT molecular complexity index is 1350. The summed E-state index contributed by atoms with van der Waals surface area (Å²) in [6.07, 6.45) is -4.64. The second kappa shape index (κ2) is 7.50. The fourth-order valence-corrected chi connectivity index (χ4v) is 6.55. The second-order valence-corrected chi connectivity index (χ2v) is 9.99. The number of alkyl halides is 3. The number of sulfonamides is 1. The summed E-state index contributed by atoms with van der Waals surface area (Å²) in [5, 5.41) is 0. The lowest BCUT2D eigenvalue weighted by Gasteiger charge is -2.33. The third-order valence-electron chi connectivity index (χ3n) is 6.20. The van der Waals surface area contributed by atoms with Crippen molar-refractivity contribution in [2.75, 3.05) is 0 Å². The molecule has 0 aliphatic carbocycles. The Hall–Kier alpha value is -3.04. The van der Waals surface area contributed by atoms with E-state index in [1.807, 2.05) is 0 Å². The van der Waals surface area contributed by atoms with E-state index in [2.05, 4.69) is 0 Å². The monoisotopic (exact) mass is 475 g/mol. The van der Waals surface area contributed by atoms with Gasteiger partial charge in [-0.3, -0.25) is 4.79 Å². The van der Waals surface area contributed by atoms with Gasteiger partial charge in [0, 0.05) is 12.8 Å². The highest BCUT2D eigenvalue weighted by molar-refractivity contribution is 7.89. The molecule has 33 heavy (non-hydrogen) atoms. The Morgan fingerprint density at radius 2 is 1.48 bits per heavy atom. The van der Waals surface area contributed by atoms with Crippen molar-refractivity contribution >= 4 is 15.8 Å². The molecule has 1 fully saturated rings. The Kier molecular flexibility index (Phi) is 4.95. The molecule has 4 nitrogen and oxygen atoms in total. The molecule has 0 saturated carbocycles. The summed E-state index contributed by atoms with van der Waals surface area (Å²) in [6.45, 7) is 0. The molecule has 0 N–H and O–H groups in total. The average molecular weight is 475 g/mol. The molecule has 1 unspecified atom stereocenters. The number of Topliss-reactive ketones (excluding diaryl/α,β-unsaturated/α-hetero) is 1. The fraction of sp³-hybridized carbons (Fsp3) is 0.208. The molecule has 3 aromatic carbocycles. The van der Waals surface area contributed by atoms with E-state index in [-0.39, 0.29) is 23.5 Å². The predicted molar refractivity (Wildman–Crippen MR) is 112 cm³/mol. The van der Waals surface area contributed by atoms with Gasteiger partial charge in [0.05, 0.1) is 22.5 Å². The van der Waals surface area contributed by atoms with Crippen LogP contribution < -0.4 is 0 Å². The number of hydrogen-bond acceptors (Lipinski definition) is 3. The molecule has 1 saturated heterocycles. The van der Waals surface area contributed by atoms with Crippen molar-refractivity contribution in [3.05, 3.63) is 89.2 Å². The average Bonchev–Trinajstić information content (AvgIpc) is 2.99. The predicted octanol–water partition coefficient (Wildman–Crippen LogP) is 5.66. The van der Waals surface area contributed by atoms with E-state index in [0.717, 1.165) is 24.3 Å². The topological polar surface area (TPSA) is 54.5 Å². The lowest BCUT2D eigenvalue weighted by Crippen LogP contribution is -2.38. The summed E-state index contributed by atoms with van der Waals surface area (Å²) in [5.74, 6) is -0.503. The quantitative estimate of drug-likeness (QED) is 0.460. The van der Waals surface area contributed by atoms with Crippen molar-refractivity contribution < 1.29 is 30.8 Å². The van der Waals surface area contributed by atoms with Gasteiger partial charge in [0.15, 0.2) is 0 Å². The molecule has 2 aliphatic rings. The highest BCUT2D eigenvalue weighted by Gasteiger charge is 2.51. The minimum Gasteiger partial charge on any atom is -0.300 e. The number of rotatable bonds is 3. The first-order valence-electron chi connectivity index (χ1n) is 10.2. The fourth-order valence-electron chi connectivity index (χ4n) is 4.79. The highest BCUT2D eigenvalue weighted by Crippen LogP contribution is 2.54. The Morgan fingerprint density at radius 1 is 0.848 bits per heavy atom. The van der Waals surface area contributed by atoms with Crippen molar-refractivity contribution in [3.63, 3.8) is 0 Å². The lowest BCUT2D eigenvalue weighted by atomic mass is 9.92. The molecular weight excluding hydrogens is 458 g/mol. The molecule has 2 atom stereocenters. The maximum atomic E-state index is 13.6. The van der Waals surface area contributed by atoms with Gasteiger partial charge >= 0.3 is 6.18 Å². The van der Waals surface area contributed by atoms with Crippen LogP contribution in [0.15, 0.2) is 71.6 Å². The van der Waals surface area contributed by atoms with E-state index in [1.54, 1.807) is 30.3 Å². The number of halogens is 4. The van der Waals surface area contributed by atoms with Crippen LogP contribution in [0, 0.1) is 5.82 Å². The van der Waals surface area contributed by atoms with Crippen LogP contribution in [-0.2, 0) is 21.0 Å². The van der Waals surface area contributed by atoms with Crippen LogP contribution >= 0.6 is 0 Å². The molecule has 0 radical (unpaired) electrons. The zero-order chi connectivity index (χ0) is 23.5. The van der Waals surface area contributed by atoms with Crippen molar-refractivity contribution in [1.82, 2.24) is 4.31 Å².